The highest BCUT2D eigenvalue weighted by Gasteiger charge is 2.26. The number of hydrogen-bond donors (Lipinski definition) is 1. The van der Waals surface area contributed by atoms with Gasteiger partial charge in [0.15, 0.2) is 5.65 Å². The molecule has 4 heterocycles. The third-order valence-electron chi connectivity index (χ3n) is 6.18. The lowest BCUT2D eigenvalue weighted by atomic mass is 9.91. The molecule has 34 heavy (non-hydrogen) atoms. The van der Waals surface area contributed by atoms with E-state index >= 15 is 0 Å². The van der Waals surface area contributed by atoms with E-state index in [2.05, 4.69) is 41.0 Å². The molecule has 1 fully saturated rings. The molecule has 1 N–H and O–H groups in total. The van der Waals surface area contributed by atoms with Gasteiger partial charge in [0.25, 0.3) is 6.43 Å². The number of nitrogens with zero attached hydrogens (tertiary/aromatic N) is 8. The van der Waals surface area contributed by atoms with E-state index in [1.807, 2.05) is 25.5 Å². The lowest BCUT2D eigenvalue weighted by molar-refractivity contribution is 0.122. The molecule has 174 valence electrons. The molecule has 0 radical (unpaired) electrons. The van der Waals surface area contributed by atoms with E-state index in [0.29, 0.717) is 17.2 Å². The molecule has 2 atom stereocenters. The van der Waals surface area contributed by atoms with Crippen LogP contribution >= 0.6 is 0 Å². The maximum absolute atomic E-state index is 12.7. The third-order valence-corrected chi connectivity index (χ3v) is 6.18. The third kappa shape index (κ3) is 4.31. The van der Waals surface area contributed by atoms with Gasteiger partial charge in [-0.2, -0.15) is 10.4 Å². The minimum atomic E-state index is -2.52. The summed E-state index contributed by atoms with van der Waals surface area (Å²) < 4.78 is 28.7. The van der Waals surface area contributed by atoms with Gasteiger partial charge in [0.1, 0.15) is 18.1 Å². The fraction of sp³-hybridized carbons (Fsp3) is 0.391. The van der Waals surface area contributed by atoms with Crippen molar-refractivity contribution in [1.82, 2.24) is 34.3 Å². The zero-order valence-electron chi connectivity index (χ0n) is 18.6. The van der Waals surface area contributed by atoms with Gasteiger partial charge < -0.3 is 9.88 Å². The Kier molecular flexibility index (Phi) is 5.88. The molecule has 1 saturated carbocycles. The van der Waals surface area contributed by atoms with Crippen molar-refractivity contribution in [2.45, 2.75) is 57.7 Å². The number of pyridine rings is 1. The fourth-order valence-electron chi connectivity index (χ4n) is 4.54. The van der Waals surface area contributed by atoms with Gasteiger partial charge in [-0.3, -0.25) is 4.68 Å². The second-order valence-corrected chi connectivity index (χ2v) is 8.52. The highest BCUT2D eigenvalue weighted by atomic mass is 19.3. The molecule has 0 aliphatic heterocycles. The number of fused-ring (bicyclic) bond motifs is 1. The number of aryl methyl sites for hydroxylation is 1. The second kappa shape index (κ2) is 9.13. The van der Waals surface area contributed by atoms with Gasteiger partial charge in [-0.15, -0.1) is 0 Å². The van der Waals surface area contributed by atoms with Crippen molar-refractivity contribution in [3.63, 3.8) is 0 Å². The molecule has 4 aromatic rings. The average Bonchev–Trinajstić information content (AvgIpc) is 3.47. The summed E-state index contributed by atoms with van der Waals surface area (Å²) in [5.41, 5.74) is 4.04. The molecule has 5 rings (SSSR count). The van der Waals surface area contributed by atoms with Gasteiger partial charge in [-0.05, 0) is 44.2 Å². The van der Waals surface area contributed by atoms with Crippen LogP contribution in [0.1, 0.15) is 42.9 Å². The van der Waals surface area contributed by atoms with Crippen LogP contribution in [-0.2, 0) is 6.54 Å². The van der Waals surface area contributed by atoms with Crippen molar-refractivity contribution in [1.29, 1.82) is 5.26 Å². The van der Waals surface area contributed by atoms with Crippen molar-refractivity contribution in [2.75, 3.05) is 5.32 Å². The first-order valence-electron chi connectivity index (χ1n) is 11.1. The van der Waals surface area contributed by atoms with E-state index in [-0.39, 0.29) is 17.6 Å². The number of halogens is 2. The number of imidazole rings is 1. The van der Waals surface area contributed by atoms with Crippen molar-refractivity contribution in [3.8, 4) is 17.3 Å². The summed E-state index contributed by atoms with van der Waals surface area (Å²) in [5.74, 6) is 0.394. The molecule has 0 bridgehead atoms. The summed E-state index contributed by atoms with van der Waals surface area (Å²) in [6, 6.07) is 4.40. The van der Waals surface area contributed by atoms with Crippen LogP contribution in [0.5, 0.6) is 0 Å². The second-order valence-electron chi connectivity index (χ2n) is 8.52. The molecule has 9 nitrogen and oxygen atoms in total. The summed E-state index contributed by atoms with van der Waals surface area (Å²) in [6.45, 7) is 1.52. The van der Waals surface area contributed by atoms with Gasteiger partial charge in [0, 0.05) is 30.0 Å². The summed E-state index contributed by atoms with van der Waals surface area (Å²) >= 11 is 0. The Bertz CT molecular complexity index is 1350. The molecule has 0 unspecified atom stereocenters. The fourth-order valence-corrected chi connectivity index (χ4v) is 4.54. The Labute approximate surface area is 194 Å². The molecular formula is C23H23F2N9. The maximum Gasteiger partial charge on any atom is 0.257 e. The molecule has 0 aromatic carbocycles. The van der Waals surface area contributed by atoms with Crippen LogP contribution in [0.15, 0.2) is 37.2 Å². The first-order valence-corrected chi connectivity index (χ1v) is 11.1. The Morgan fingerprint density at radius 2 is 2.12 bits per heavy atom. The number of nitrogens with one attached hydrogen (secondary N) is 1. The van der Waals surface area contributed by atoms with Crippen molar-refractivity contribution >= 4 is 17.1 Å². The van der Waals surface area contributed by atoms with Crippen LogP contribution in [0, 0.1) is 18.3 Å². The monoisotopic (exact) mass is 463 g/mol. The molecule has 0 saturated heterocycles. The first kappa shape index (κ1) is 21.9. The van der Waals surface area contributed by atoms with E-state index in [1.165, 1.54) is 18.6 Å². The molecular weight excluding hydrogens is 440 g/mol. The lowest BCUT2D eigenvalue weighted by Gasteiger charge is -2.30. The standard InChI is InChI=1S/C23H23F2N9/c1-14-5-6-27-22-20(14)29-13-34(22)18-4-2-3-17(7-18)31-23-28-9-15(8-26)21(32-23)16-10-30-33(11-16)12-19(24)25/h5-6,9-11,13,17-19H,2-4,7,12H2,1H3,(H,28,31,32)/t17-,18+/m1/s1. The smallest absolute Gasteiger partial charge is 0.257 e. The highest BCUT2D eigenvalue weighted by Crippen LogP contribution is 2.32. The summed E-state index contributed by atoms with van der Waals surface area (Å²) in [4.78, 5) is 17.9. The molecule has 11 heteroatoms. The largest absolute Gasteiger partial charge is 0.351 e. The normalized spacial score (nSPS) is 18.3. The number of rotatable bonds is 6. The zero-order valence-corrected chi connectivity index (χ0v) is 18.6. The van der Waals surface area contributed by atoms with Crippen LogP contribution in [-0.4, -0.2) is 46.8 Å². The molecule has 0 spiro atoms. The van der Waals surface area contributed by atoms with Gasteiger partial charge in [0.05, 0.1) is 30.0 Å². The first-order chi connectivity index (χ1) is 16.5. The summed E-state index contributed by atoms with van der Waals surface area (Å²) in [6.07, 6.45) is 9.38. The quantitative estimate of drug-likeness (QED) is 0.458. The number of anilines is 1. The predicted octanol–water partition coefficient (Wildman–Crippen LogP) is 4.13. The highest BCUT2D eigenvalue weighted by molar-refractivity contribution is 5.74. The number of aromatic nitrogens is 7. The van der Waals surface area contributed by atoms with Gasteiger partial charge in [0.2, 0.25) is 5.95 Å². The Morgan fingerprint density at radius 1 is 1.24 bits per heavy atom. The average molecular weight is 463 g/mol. The number of alkyl halides is 2. The molecule has 0 amide bonds. The zero-order chi connectivity index (χ0) is 23.7. The summed E-state index contributed by atoms with van der Waals surface area (Å²) in [7, 11) is 0. The van der Waals surface area contributed by atoms with Crippen molar-refractivity contribution in [3.05, 3.63) is 48.3 Å². The van der Waals surface area contributed by atoms with Gasteiger partial charge >= 0.3 is 0 Å². The van der Waals surface area contributed by atoms with Crippen molar-refractivity contribution < 1.29 is 8.78 Å². The van der Waals surface area contributed by atoms with Gasteiger partial charge in [-0.1, -0.05) is 0 Å². The maximum atomic E-state index is 12.7. The minimum Gasteiger partial charge on any atom is -0.351 e. The Hall–Kier alpha value is -3.94. The predicted molar refractivity (Wildman–Crippen MR) is 121 cm³/mol. The Morgan fingerprint density at radius 3 is 2.94 bits per heavy atom. The molecule has 4 aromatic heterocycles. The van der Waals surface area contributed by atoms with Crippen molar-refractivity contribution in [2.24, 2.45) is 0 Å². The van der Waals surface area contributed by atoms with E-state index in [0.717, 1.165) is 47.1 Å². The Balaban J connectivity index is 1.36. The molecule has 1 aliphatic rings. The van der Waals surface area contributed by atoms with E-state index in [9.17, 15) is 14.0 Å². The van der Waals surface area contributed by atoms with E-state index < -0.39 is 13.0 Å². The van der Waals surface area contributed by atoms with Crippen LogP contribution in [0.4, 0.5) is 14.7 Å². The van der Waals surface area contributed by atoms with Crippen LogP contribution in [0.25, 0.3) is 22.4 Å². The lowest BCUT2D eigenvalue weighted by Crippen LogP contribution is -2.29. The van der Waals surface area contributed by atoms with Gasteiger partial charge in [-0.25, -0.2) is 28.7 Å². The van der Waals surface area contributed by atoms with E-state index in [4.69, 9.17) is 0 Å². The topological polar surface area (TPSA) is 110 Å². The van der Waals surface area contributed by atoms with Crippen LogP contribution in [0.2, 0.25) is 0 Å². The number of hydrogen-bond acceptors (Lipinski definition) is 7. The summed E-state index contributed by atoms with van der Waals surface area (Å²) in [5, 5.41) is 16.8. The van der Waals surface area contributed by atoms with Crippen LogP contribution in [0.3, 0.4) is 0 Å². The van der Waals surface area contributed by atoms with Crippen LogP contribution < -0.4 is 5.32 Å². The minimum absolute atomic E-state index is 0.128. The van der Waals surface area contributed by atoms with E-state index in [1.54, 1.807) is 0 Å². The SMILES string of the molecule is Cc1ccnc2c1ncn2[C@H]1CCC[C@@H](Nc2ncc(C#N)c(-c3cnn(CC(F)F)c3)n2)C1. The molecule has 1 aliphatic carbocycles. The number of nitriles is 1.